The summed E-state index contributed by atoms with van der Waals surface area (Å²) in [7, 11) is 1.77. The van der Waals surface area contributed by atoms with Crippen molar-refractivity contribution in [2.24, 2.45) is 7.05 Å². The highest BCUT2D eigenvalue weighted by Crippen LogP contribution is 2.28. The highest BCUT2D eigenvalue weighted by molar-refractivity contribution is 7.71. The number of amides is 2. The molecule has 2 aromatic carbocycles. The molecular weight excluding hydrogens is 390 g/mol. The SMILES string of the molecule is Cn1c(CNC(=O)c2cccc(NC(=O)C3Cc4ccccc4O3)c2)n[nH]c1=S. The summed E-state index contributed by atoms with van der Waals surface area (Å²) in [6, 6.07) is 14.3. The van der Waals surface area contributed by atoms with E-state index in [1.165, 1.54) is 0 Å². The molecule has 9 heteroatoms. The summed E-state index contributed by atoms with van der Waals surface area (Å²) in [5.41, 5.74) is 1.96. The average Bonchev–Trinajstić information content (AvgIpc) is 3.30. The van der Waals surface area contributed by atoms with E-state index in [4.69, 9.17) is 17.0 Å². The fourth-order valence-electron chi connectivity index (χ4n) is 3.09. The molecule has 1 atom stereocenters. The number of anilines is 1. The summed E-state index contributed by atoms with van der Waals surface area (Å²) < 4.78 is 7.88. The van der Waals surface area contributed by atoms with Gasteiger partial charge in [0.05, 0.1) is 6.54 Å². The first kappa shape index (κ1) is 18.9. The van der Waals surface area contributed by atoms with Gasteiger partial charge in [0.1, 0.15) is 5.75 Å². The van der Waals surface area contributed by atoms with E-state index in [1.54, 1.807) is 35.9 Å². The van der Waals surface area contributed by atoms with Crippen molar-refractivity contribution in [3.8, 4) is 5.75 Å². The van der Waals surface area contributed by atoms with Crippen LogP contribution in [0.4, 0.5) is 5.69 Å². The molecule has 0 saturated heterocycles. The van der Waals surface area contributed by atoms with Crippen LogP contribution in [0.1, 0.15) is 21.7 Å². The molecule has 4 rings (SSSR count). The van der Waals surface area contributed by atoms with Crippen molar-refractivity contribution in [3.63, 3.8) is 0 Å². The Morgan fingerprint density at radius 1 is 1.28 bits per heavy atom. The van der Waals surface area contributed by atoms with Crippen molar-refractivity contribution >= 4 is 29.7 Å². The number of para-hydroxylation sites is 1. The van der Waals surface area contributed by atoms with Gasteiger partial charge in [0, 0.05) is 24.7 Å². The van der Waals surface area contributed by atoms with E-state index in [-0.39, 0.29) is 18.4 Å². The fraction of sp³-hybridized carbons (Fsp3) is 0.200. The zero-order valence-corrected chi connectivity index (χ0v) is 16.5. The normalized spacial score (nSPS) is 14.7. The topological polar surface area (TPSA) is 101 Å². The summed E-state index contributed by atoms with van der Waals surface area (Å²) in [4.78, 5) is 25.0. The van der Waals surface area contributed by atoms with Crippen molar-refractivity contribution in [3.05, 3.63) is 70.3 Å². The van der Waals surface area contributed by atoms with Crippen molar-refractivity contribution in [1.82, 2.24) is 20.1 Å². The van der Waals surface area contributed by atoms with Crippen LogP contribution in [-0.4, -0.2) is 32.7 Å². The van der Waals surface area contributed by atoms with Crippen molar-refractivity contribution in [2.75, 3.05) is 5.32 Å². The Bertz CT molecular complexity index is 1110. The Morgan fingerprint density at radius 2 is 2.10 bits per heavy atom. The number of benzene rings is 2. The lowest BCUT2D eigenvalue weighted by molar-refractivity contribution is -0.122. The summed E-state index contributed by atoms with van der Waals surface area (Å²) in [5, 5.41) is 12.3. The Labute approximate surface area is 171 Å². The van der Waals surface area contributed by atoms with Crippen LogP contribution in [0.25, 0.3) is 0 Å². The van der Waals surface area contributed by atoms with Crippen LogP contribution >= 0.6 is 12.2 Å². The van der Waals surface area contributed by atoms with Gasteiger partial charge in [-0.3, -0.25) is 14.7 Å². The van der Waals surface area contributed by atoms with E-state index in [0.717, 1.165) is 11.3 Å². The molecule has 0 aliphatic carbocycles. The summed E-state index contributed by atoms with van der Waals surface area (Å²) in [5.74, 6) is 0.820. The molecule has 148 valence electrons. The van der Waals surface area contributed by atoms with Crippen molar-refractivity contribution in [2.45, 2.75) is 19.1 Å². The van der Waals surface area contributed by atoms with E-state index >= 15 is 0 Å². The maximum absolute atomic E-state index is 12.6. The number of fused-ring (bicyclic) bond motifs is 1. The third kappa shape index (κ3) is 4.04. The number of carbonyl (C=O) groups is 2. The lowest BCUT2D eigenvalue weighted by Gasteiger charge is -2.12. The number of aromatic amines is 1. The van der Waals surface area contributed by atoms with Gasteiger partial charge in [-0.25, -0.2) is 0 Å². The second kappa shape index (κ2) is 7.88. The smallest absolute Gasteiger partial charge is 0.265 e. The molecule has 3 N–H and O–H groups in total. The molecule has 1 aliphatic heterocycles. The number of nitrogens with zero attached hydrogens (tertiary/aromatic N) is 2. The van der Waals surface area contributed by atoms with E-state index in [2.05, 4.69) is 20.8 Å². The first-order valence-corrected chi connectivity index (χ1v) is 9.46. The zero-order chi connectivity index (χ0) is 20.4. The van der Waals surface area contributed by atoms with Crippen LogP contribution in [0.3, 0.4) is 0 Å². The van der Waals surface area contributed by atoms with Gasteiger partial charge in [0.15, 0.2) is 16.7 Å². The van der Waals surface area contributed by atoms with Crippen LogP contribution < -0.4 is 15.4 Å². The highest BCUT2D eigenvalue weighted by atomic mass is 32.1. The first-order valence-electron chi connectivity index (χ1n) is 9.05. The Balaban J connectivity index is 1.38. The number of nitrogens with one attached hydrogen (secondary N) is 3. The Kier molecular flexibility index (Phi) is 5.13. The number of hydrogen-bond acceptors (Lipinski definition) is 5. The van der Waals surface area contributed by atoms with Gasteiger partial charge >= 0.3 is 0 Å². The largest absolute Gasteiger partial charge is 0.480 e. The maximum Gasteiger partial charge on any atom is 0.265 e. The van der Waals surface area contributed by atoms with E-state index in [9.17, 15) is 9.59 Å². The van der Waals surface area contributed by atoms with Gasteiger partial charge in [-0.2, -0.15) is 5.10 Å². The zero-order valence-electron chi connectivity index (χ0n) is 15.6. The van der Waals surface area contributed by atoms with Crippen LogP contribution in [0.5, 0.6) is 5.75 Å². The molecule has 1 unspecified atom stereocenters. The van der Waals surface area contributed by atoms with Crippen molar-refractivity contribution < 1.29 is 14.3 Å². The fourth-order valence-corrected chi connectivity index (χ4v) is 3.24. The predicted octanol–water partition coefficient (Wildman–Crippen LogP) is 2.35. The number of carbonyl (C=O) groups excluding carboxylic acids is 2. The molecule has 2 heterocycles. The number of aromatic nitrogens is 3. The van der Waals surface area contributed by atoms with Crippen molar-refractivity contribution in [1.29, 1.82) is 0 Å². The molecule has 8 nitrogen and oxygen atoms in total. The summed E-state index contributed by atoms with van der Waals surface area (Å²) in [6.07, 6.45) is -0.0644. The molecule has 0 spiro atoms. The third-order valence-electron chi connectivity index (χ3n) is 4.71. The number of hydrogen-bond donors (Lipinski definition) is 3. The number of ether oxygens (including phenoxy) is 1. The highest BCUT2D eigenvalue weighted by Gasteiger charge is 2.28. The molecule has 29 heavy (non-hydrogen) atoms. The standard InChI is InChI=1S/C20H19N5O3S/c1-25-17(23-24-20(25)29)11-21-18(26)13-6-4-7-14(9-13)22-19(27)16-10-12-5-2-3-8-15(12)28-16/h2-9,16H,10-11H2,1H3,(H,21,26)(H,22,27)(H,24,29). The Morgan fingerprint density at radius 3 is 2.86 bits per heavy atom. The third-order valence-corrected chi connectivity index (χ3v) is 5.08. The van der Waals surface area contributed by atoms with Crippen LogP contribution in [0, 0.1) is 4.77 Å². The van der Waals surface area contributed by atoms with Gasteiger partial charge in [-0.15, -0.1) is 0 Å². The molecule has 1 aromatic heterocycles. The molecule has 0 fully saturated rings. The Hall–Kier alpha value is -3.46. The molecular formula is C20H19N5O3S. The number of H-pyrrole nitrogens is 1. The summed E-state index contributed by atoms with van der Waals surface area (Å²) >= 11 is 5.05. The minimum atomic E-state index is -0.586. The van der Waals surface area contributed by atoms with Gasteiger partial charge in [0.2, 0.25) is 0 Å². The average molecular weight is 409 g/mol. The molecule has 0 radical (unpaired) electrons. The van der Waals surface area contributed by atoms with Crippen LogP contribution in [0.2, 0.25) is 0 Å². The van der Waals surface area contributed by atoms with E-state index in [0.29, 0.717) is 28.3 Å². The first-order chi connectivity index (χ1) is 14.0. The molecule has 3 aromatic rings. The van der Waals surface area contributed by atoms with Gasteiger partial charge in [-0.1, -0.05) is 24.3 Å². The molecule has 0 saturated carbocycles. The minimum Gasteiger partial charge on any atom is -0.480 e. The molecule has 1 aliphatic rings. The predicted molar refractivity (Wildman–Crippen MR) is 109 cm³/mol. The molecule has 0 bridgehead atoms. The number of rotatable bonds is 5. The molecule has 2 amide bonds. The van der Waals surface area contributed by atoms with E-state index < -0.39 is 6.10 Å². The maximum atomic E-state index is 12.6. The lowest BCUT2D eigenvalue weighted by atomic mass is 10.1. The van der Waals surface area contributed by atoms with Gasteiger partial charge < -0.3 is 19.9 Å². The quantitative estimate of drug-likeness (QED) is 0.562. The second-order valence-electron chi connectivity index (χ2n) is 6.68. The monoisotopic (exact) mass is 409 g/mol. The van der Waals surface area contributed by atoms with Crippen LogP contribution in [-0.2, 0) is 24.8 Å². The second-order valence-corrected chi connectivity index (χ2v) is 7.06. The van der Waals surface area contributed by atoms with E-state index in [1.807, 2.05) is 24.3 Å². The van der Waals surface area contributed by atoms with Crippen LogP contribution in [0.15, 0.2) is 48.5 Å². The van der Waals surface area contributed by atoms with Gasteiger partial charge in [0.25, 0.3) is 11.8 Å². The van der Waals surface area contributed by atoms with Gasteiger partial charge in [-0.05, 0) is 42.0 Å². The minimum absolute atomic E-state index is 0.229. The summed E-state index contributed by atoms with van der Waals surface area (Å²) in [6.45, 7) is 0.229. The lowest BCUT2D eigenvalue weighted by Crippen LogP contribution is -2.31.